The van der Waals surface area contributed by atoms with Crippen LogP contribution in [0.15, 0.2) is 85.2 Å². The second kappa shape index (κ2) is 15.9. The molecule has 5 rings (SSSR count). The first-order valence-corrected chi connectivity index (χ1v) is 15.1. The van der Waals surface area contributed by atoms with E-state index in [9.17, 15) is 18.0 Å². The number of hydrogen-bond acceptors (Lipinski definition) is 6. The number of amides is 1. The third-order valence-corrected chi connectivity index (χ3v) is 8.05. The molecule has 1 unspecified atom stereocenters. The fourth-order valence-corrected chi connectivity index (χ4v) is 5.52. The summed E-state index contributed by atoms with van der Waals surface area (Å²) in [4.78, 5) is 25.3. The zero-order valence-corrected chi connectivity index (χ0v) is 25.8. The molecule has 1 atom stereocenters. The smallest absolute Gasteiger partial charge is 0.475 e. The monoisotopic (exact) mass is 672 g/mol. The van der Waals surface area contributed by atoms with Crippen LogP contribution in [-0.4, -0.2) is 46.8 Å². The number of carboxylic acids is 1. The van der Waals surface area contributed by atoms with Crippen molar-refractivity contribution in [3.63, 3.8) is 0 Å². The third kappa shape index (κ3) is 9.50. The molecular formula is C34H33ClF4N4O4. The maximum atomic E-state index is 16.1. The van der Waals surface area contributed by atoms with Crippen molar-refractivity contribution in [2.24, 2.45) is 11.5 Å². The number of carboxylic acid groups (broad SMARTS) is 1. The van der Waals surface area contributed by atoms with E-state index < -0.39 is 23.9 Å². The van der Waals surface area contributed by atoms with Gasteiger partial charge in [0.2, 0.25) is 5.91 Å². The van der Waals surface area contributed by atoms with Gasteiger partial charge in [0.1, 0.15) is 5.75 Å². The highest BCUT2D eigenvalue weighted by Gasteiger charge is 2.38. The molecule has 3 aromatic carbocycles. The summed E-state index contributed by atoms with van der Waals surface area (Å²) in [6, 6.07) is 22.5. The van der Waals surface area contributed by atoms with Crippen LogP contribution in [0.25, 0.3) is 11.1 Å². The predicted octanol–water partition coefficient (Wildman–Crippen LogP) is 7.06. The van der Waals surface area contributed by atoms with E-state index >= 15 is 4.39 Å². The van der Waals surface area contributed by atoms with Crippen LogP contribution < -0.4 is 21.5 Å². The van der Waals surface area contributed by atoms with Crippen LogP contribution in [0, 0.1) is 5.82 Å². The number of aliphatic carboxylic acids is 1. The van der Waals surface area contributed by atoms with Crippen molar-refractivity contribution in [1.29, 1.82) is 0 Å². The highest BCUT2D eigenvalue weighted by atomic mass is 35.5. The molecule has 8 nitrogen and oxygen atoms in total. The van der Waals surface area contributed by atoms with Gasteiger partial charge in [-0.2, -0.15) is 13.2 Å². The van der Waals surface area contributed by atoms with Gasteiger partial charge in [0.15, 0.2) is 11.6 Å². The average molecular weight is 673 g/mol. The molecule has 0 bridgehead atoms. The van der Waals surface area contributed by atoms with E-state index in [4.69, 9.17) is 37.7 Å². The van der Waals surface area contributed by atoms with Crippen molar-refractivity contribution in [3.8, 4) is 22.6 Å². The second-order valence-electron chi connectivity index (χ2n) is 11.0. The molecule has 0 radical (unpaired) electrons. The van der Waals surface area contributed by atoms with Crippen LogP contribution in [0.3, 0.4) is 0 Å². The van der Waals surface area contributed by atoms with Crippen molar-refractivity contribution < 1.29 is 37.0 Å². The minimum Gasteiger partial charge on any atom is -0.475 e. The molecule has 47 heavy (non-hydrogen) atoms. The number of nitrogens with two attached hydrogens (primary N) is 2. The van der Waals surface area contributed by atoms with Crippen molar-refractivity contribution in [2.45, 2.75) is 49.9 Å². The first kappa shape index (κ1) is 35.3. The lowest BCUT2D eigenvalue weighted by atomic mass is 9.87. The summed E-state index contributed by atoms with van der Waals surface area (Å²) in [7, 11) is 0. The minimum atomic E-state index is -5.08. The number of halogens is 5. The van der Waals surface area contributed by atoms with Gasteiger partial charge in [0.25, 0.3) is 0 Å². The number of pyridine rings is 1. The normalized spacial score (nSPS) is 16.8. The SMILES string of the molecule is NC(=O)c1ccc(Oc2cccnc2)c(F)c1-c1cc(C(CNC2CCC(N)CC2)c2ccccc2)ccc1Cl.O=C(O)C(F)(F)F. The number of carbonyl (C=O) groups excluding carboxylic acids is 1. The lowest BCUT2D eigenvalue weighted by Crippen LogP contribution is -2.39. The van der Waals surface area contributed by atoms with Gasteiger partial charge in [-0.25, -0.2) is 9.18 Å². The maximum absolute atomic E-state index is 16.1. The summed E-state index contributed by atoms with van der Waals surface area (Å²) in [5, 5.41) is 11.1. The van der Waals surface area contributed by atoms with E-state index in [2.05, 4.69) is 22.4 Å². The van der Waals surface area contributed by atoms with E-state index in [1.807, 2.05) is 30.3 Å². The van der Waals surface area contributed by atoms with E-state index in [0.717, 1.165) is 36.8 Å². The Morgan fingerprint density at radius 2 is 1.68 bits per heavy atom. The van der Waals surface area contributed by atoms with Crippen molar-refractivity contribution in [2.75, 3.05) is 6.54 Å². The van der Waals surface area contributed by atoms with Gasteiger partial charge in [-0.15, -0.1) is 0 Å². The van der Waals surface area contributed by atoms with Gasteiger partial charge < -0.3 is 26.6 Å². The summed E-state index contributed by atoms with van der Waals surface area (Å²) in [6.45, 7) is 0.681. The standard InChI is InChI=1S/C32H32ClFN4O2.C2HF3O2/c33-28-14-8-21(27(20-5-2-1-3-6-20)19-38-23-11-9-22(35)10-12-23)17-26(28)30-25(32(36)39)13-15-29(31(30)34)40-24-7-4-16-37-18-24;3-2(4,5)1(6)7/h1-8,13-18,22-23,27,38H,9-12,19,35H2,(H2,36,39);(H,6,7). The summed E-state index contributed by atoms with van der Waals surface area (Å²) in [5.41, 5.74) is 14.2. The third-order valence-electron chi connectivity index (χ3n) is 7.72. The number of aromatic nitrogens is 1. The lowest BCUT2D eigenvalue weighted by molar-refractivity contribution is -0.192. The quantitative estimate of drug-likeness (QED) is 0.140. The van der Waals surface area contributed by atoms with E-state index in [-0.39, 0.29) is 28.8 Å². The topological polar surface area (TPSA) is 141 Å². The van der Waals surface area contributed by atoms with Gasteiger partial charge in [-0.3, -0.25) is 9.78 Å². The van der Waals surface area contributed by atoms with Crippen molar-refractivity contribution in [3.05, 3.63) is 113 Å². The van der Waals surface area contributed by atoms with E-state index in [1.54, 1.807) is 24.4 Å². The molecule has 1 saturated carbocycles. The summed E-state index contributed by atoms with van der Waals surface area (Å²) < 4.78 is 53.6. The van der Waals surface area contributed by atoms with Gasteiger partial charge in [0, 0.05) is 46.9 Å². The molecule has 0 spiro atoms. The summed E-state index contributed by atoms with van der Waals surface area (Å²) >= 11 is 6.66. The Labute approximate surface area is 273 Å². The Kier molecular flexibility index (Phi) is 11.9. The zero-order valence-electron chi connectivity index (χ0n) is 25.0. The Morgan fingerprint density at radius 3 is 2.28 bits per heavy atom. The Morgan fingerprint density at radius 1 is 1.00 bits per heavy atom. The van der Waals surface area contributed by atoms with E-state index in [1.165, 1.54) is 18.3 Å². The lowest BCUT2D eigenvalue weighted by Gasteiger charge is -2.29. The Balaban J connectivity index is 0.000000644. The molecule has 1 heterocycles. The van der Waals surface area contributed by atoms with Gasteiger partial charge in [0.05, 0.1) is 11.8 Å². The van der Waals surface area contributed by atoms with Gasteiger partial charge in [-0.1, -0.05) is 48.0 Å². The number of alkyl halides is 3. The van der Waals surface area contributed by atoms with Crippen LogP contribution in [0.1, 0.15) is 53.1 Å². The molecule has 1 amide bonds. The van der Waals surface area contributed by atoms with Crippen LogP contribution in [-0.2, 0) is 4.79 Å². The summed E-state index contributed by atoms with van der Waals surface area (Å²) in [5.74, 6) is -3.99. The van der Waals surface area contributed by atoms with Crippen LogP contribution in [0.5, 0.6) is 11.5 Å². The number of nitrogens with zero attached hydrogens (tertiary/aromatic N) is 1. The number of hydrogen-bond donors (Lipinski definition) is 4. The predicted molar refractivity (Wildman–Crippen MR) is 170 cm³/mol. The average Bonchev–Trinajstić information content (AvgIpc) is 3.04. The Bertz CT molecular complexity index is 1670. The highest BCUT2D eigenvalue weighted by Crippen LogP contribution is 2.40. The fraction of sp³-hybridized carbons (Fsp3) is 0.265. The van der Waals surface area contributed by atoms with Crippen LogP contribution in [0.4, 0.5) is 17.6 Å². The molecule has 0 aliphatic heterocycles. The number of benzene rings is 3. The van der Waals surface area contributed by atoms with Gasteiger partial charge >= 0.3 is 12.1 Å². The Hall–Kier alpha value is -4.52. The molecule has 13 heteroatoms. The number of carbonyl (C=O) groups is 2. The fourth-order valence-electron chi connectivity index (χ4n) is 5.31. The molecule has 4 aromatic rings. The first-order chi connectivity index (χ1) is 22.3. The molecular weight excluding hydrogens is 640 g/mol. The van der Waals surface area contributed by atoms with Gasteiger partial charge in [-0.05, 0) is 73.2 Å². The number of nitrogens with one attached hydrogen (secondary N) is 1. The molecule has 1 aliphatic rings. The molecule has 248 valence electrons. The number of primary amides is 1. The molecule has 0 saturated heterocycles. The van der Waals surface area contributed by atoms with E-state index in [0.29, 0.717) is 28.9 Å². The first-order valence-electron chi connectivity index (χ1n) is 14.7. The van der Waals surface area contributed by atoms with Crippen LogP contribution >= 0.6 is 11.6 Å². The largest absolute Gasteiger partial charge is 0.490 e. The van der Waals surface area contributed by atoms with Crippen molar-refractivity contribution in [1.82, 2.24) is 10.3 Å². The number of rotatable bonds is 9. The summed E-state index contributed by atoms with van der Waals surface area (Å²) in [6.07, 6.45) is 2.07. The molecule has 6 N–H and O–H groups in total. The maximum Gasteiger partial charge on any atom is 0.490 e. The van der Waals surface area contributed by atoms with Crippen LogP contribution in [0.2, 0.25) is 5.02 Å². The van der Waals surface area contributed by atoms with Crippen molar-refractivity contribution >= 4 is 23.5 Å². The molecule has 1 aromatic heterocycles. The number of ether oxygens (including phenoxy) is 1. The molecule has 1 fully saturated rings. The minimum absolute atomic E-state index is 0.00165. The zero-order chi connectivity index (χ0) is 34.1. The molecule has 1 aliphatic carbocycles. The highest BCUT2D eigenvalue weighted by molar-refractivity contribution is 6.33. The second-order valence-corrected chi connectivity index (χ2v) is 11.4.